The van der Waals surface area contributed by atoms with Gasteiger partial charge in [-0.15, -0.1) is 0 Å². The number of halogens is 4. The van der Waals surface area contributed by atoms with Crippen LogP contribution in [-0.2, 0) is 16.5 Å². The van der Waals surface area contributed by atoms with Crippen LogP contribution >= 0.6 is 11.6 Å². The number of nitrogens with zero attached hydrogens (tertiary/aromatic N) is 6. The van der Waals surface area contributed by atoms with Crippen LogP contribution in [0.25, 0.3) is 11.5 Å². The smallest absolute Gasteiger partial charge is 0.434 e. The molecular formula is C26H31ClF3N7O2. The van der Waals surface area contributed by atoms with Crippen molar-refractivity contribution in [3.8, 4) is 17.3 Å². The van der Waals surface area contributed by atoms with Gasteiger partial charge in [-0.05, 0) is 52.4 Å². The number of hydrogen-bond donors (Lipinski definition) is 1. The van der Waals surface area contributed by atoms with Gasteiger partial charge in [0, 0.05) is 30.2 Å². The third-order valence-electron chi connectivity index (χ3n) is 8.20. The topological polar surface area (TPSA) is 91.9 Å². The third-order valence-corrected chi connectivity index (χ3v) is 8.48. The van der Waals surface area contributed by atoms with Crippen molar-refractivity contribution in [1.82, 2.24) is 29.3 Å². The lowest BCUT2D eigenvalue weighted by molar-refractivity contribution is -0.190. The van der Waals surface area contributed by atoms with Crippen molar-refractivity contribution in [1.29, 1.82) is 0 Å². The van der Waals surface area contributed by atoms with Gasteiger partial charge in [0.05, 0.1) is 31.1 Å². The molecule has 7 rings (SSSR count). The summed E-state index contributed by atoms with van der Waals surface area (Å²) in [4.78, 5) is 13.3. The van der Waals surface area contributed by atoms with Gasteiger partial charge < -0.3 is 19.4 Å². The number of methoxy groups -OCH3 is 1. The molecule has 2 saturated heterocycles. The van der Waals surface area contributed by atoms with E-state index in [0.29, 0.717) is 59.9 Å². The Morgan fingerprint density at radius 2 is 1.92 bits per heavy atom. The molecule has 0 spiro atoms. The molecule has 0 amide bonds. The molecule has 5 heterocycles. The SMILES string of the molecule is COc1cnc(-c2c(Cl)cnn2C(C)C)nc1NCC12CCC(c3nc(C(F)(F)F)cn3C3CC3)(CC1)OC2. The number of rotatable bonds is 8. The molecule has 1 N–H and O–H groups in total. The maximum absolute atomic E-state index is 13.5. The number of alkyl halides is 3. The van der Waals surface area contributed by atoms with E-state index in [1.807, 2.05) is 13.8 Å². The van der Waals surface area contributed by atoms with Gasteiger partial charge in [-0.1, -0.05) is 11.6 Å². The monoisotopic (exact) mass is 565 g/mol. The maximum atomic E-state index is 13.5. The zero-order chi connectivity index (χ0) is 27.6. The summed E-state index contributed by atoms with van der Waals surface area (Å²) < 4.78 is 55.9. The predicted molar refractivity (Wildman–Crippen MR) is 138 cm³/mol. The first-order chi connectivity index (χ1) is 18.5. The summed E-state index contributed by atoms with van der Waals surface area (Å²) >= 11 is 6.42. The second-order valence-electron chi connectivity index (χ2n) is 11.2. The molecular weight excluding hydrogens is 535 g/mol. The first-order valence-corrected chi connectivity index (χ1v) is 13.6. The zero-order valence-corrected chi connectivity index (χ0v) is 22.8. The number of anilines is 1. The minimum absolute atomic E-state index is 0.0677. The highest BCUT2D eigenvalue weighted by molar-refractivity contribution is 6.32. The van der Waals surface area contributed by atoms with Crippen LogP contribution in [0.3, 0.4) is 0 Å². The molecule has 0 unspecified atom stereocenters. The Morgan fingerprint density at radius 3 is 2.51 bits per heavy atom. The minimum Gasteiger partial charge on any atom is -0.491 e. The van der Waals surface area contributed by atoms with Crippen molar-refractivity contribution < 1.29 is 22.6 Å². The number of nitrogens with one attached hydrogen (secondary N) is 1. The van der Waals surface area contributed by atoms with E-state index in [1.165, 1.54) is 6.20 Å². The van der Waals surface area contributed by atoms with Gasteiger partial charge in [0.25, 0.3) is 0 Å². The molecule has 0 radical (unpaired) electrons. The maximum Gasteiger partial charge on any atom is 0.434 e. The highest BCUT2D eigenvalue weighted by Crippen LogP contribution is 2.55. The van der Waals surface area contributed by atoms with Gasteiger partial charge in [-0.3, -0.25) is 4.68 Å². The fourth-order valence-electron chi connectivity index (χ4n) is 5.75. The van der Waals surface area contributed by atoms with Gasteiger partial charge in [0.15, 0.2) is 23.1 Å². The number of fused-ring (bicyclic) bond motifs is 3. The van der Waals surface area contributed by atoms with Gasteiger partial charge >= 0.3 is 6.18 Å². The zero-order valence-electron chi connectivity index (χ0n) is 22.1. The van der Waals surface area contributed by atoms with Crippen LogP contribution in [0.2, 0.25) is 5.02 Å². The molecule has 2 saturated carbocycles. The van der Waals surface area contributed by atoms with Crippen molar-refractivity contribution in [2.24, 2.45) is 5.41 Å². The van der Waals surface area contributed by atoms with Gasteiger partial charge in [-0.2, -0.15) is 18.3 Å². The standard InChI is InChI=1S/C26H31ClF3N7O2/c1-15(2)37-20(17(27)10-33-37)22-31-11-18(38-3)21(35-22)32-13-24-6-8-25(9-7-24,39-14-24)23-34-19(26(28,29)30)12-36(23)16-4-5-16/h10-12,15-16H,4-9,13-14H2,1-3H3,(H,31,32,35). The third kappa shape index (κ3) is 4.65. The van der Waals surface area contributed by atoms with Crippen LogP contribution in [0.5, 0.6) is 5.75 Å². The number of hydrogen-bond acceptors (Lipinski definition) is 7. The second kappa shape index (κ2) is 9.36. The van der Waals surface area contributed by atoms with Crippen LogP contribution in [0.15, 0.2) is 18.6 Å². The van der Waals surface area contributed by atoms with Crippen LogP contribution in [-0.4, -0.2) is 49.6 Å². The van der Waals surface area contributed by atoms with E-state index in [0.717, 1.165) is 25.7 Å². The second-order valence-corrected chi connectivity index (χ2v) is 11.6. The van der Waals surface area contributed by atoms with E-state index in [-0.39, 0.29) is 17.5 Å². The largest absolute Gasteiger partial charge is 0.491 e. The molecule has 2 aliphatic carbocycles. The van der Waals surface area contributed by atoms with Gasteiger partial charge in [0.1, 0.15) is 17.1 Å². The number of ether oxygens (including phenoxy) is 2. The molecule has 4 aliphatic rings. The summed E-state index contributed by atoms with van der Waals surface area (Å²) in [5.41, 5.74) is -1.17. The van der Waals surface area contributed by atoms with Crippen LogP contribution in [0, 0.1) is 5.41 Å². The lowest BCUT2D eigenvalue weighted by Gasteiger charge is -2.52. The molecule has 2 aliphatic heterocycles. The predicted octanol–water partition coefficient (Wildman–Crippen LogP) is 6.03. The van der Waals surface area contributed by atoms with Crippen LogP contribution in [0.1, 0.15) is 76.0 Å². The molecule has 3 aromatic heterocycles. The normalized spacial score (nSPS) is 24.9. The fraction of sp³-hybridized carbons (Fsp3) is 0.615. The van der Waals surface area contributed by atoms with E-state index in [1.54, 1.807) is 28.8 Å². The van der Waals surface area contributed by atoms with Crippen LogP contribution < -0.4 is 10.1 Å². The first kappa shape index (κ1) is 26.4. The summed E-state index contributed by atoms with van der Waals surface area (Å²) in [6, 6.07) is 0.148. The van der Waals surface area contributed by atoms with E-state index < -0.39 is 17.5 Å². The Labute approximate surface area is 229 Å². The Morgan fingerprint density at radius 1 is 1.18 bits per heavy atom. The molecule has 9 nitrogen and oxygen atoms in total. The van der Waals surface area contributed by atoms with Gasteiger partial charge in [-0.25, -0.2) is 15.0 Å². The molecule has 3 aromatic rings. The molecule has 0 aromatic carbocycles. The fourth-order valence-corrected chi connectivity index (χ4v) is 5.97. The van der Waals surface area contributed by atoms with E-state index >= 15 is 0 Å². The first-order valence-electron chi connectivity index (χ1n) is 13.2. The van der Waals surface area contributed by atoms with E-state index in [9.17, 15) is 13.2 Å². The summed E-state index contributed by atoms with van der Waals surface area (Å²) in [5, 5.41) is 8.24. The summed E-state index contributed by atoms with van der Waals surface area (Å²) in [5.74, 6) is 1.89. The highest BCUT2D eigenvalue weighted by atomic mass is 35.5. The Kier molecular flexibility index (Phi) is 6.33. The summed E-state index contributed by atoms with van der Waals surface area (Å²) in [6.45, 7) is 4.99. The van der Waals surface area contributed by atoms with Crippen molar-refractivity contribution in [3.63, 3.8) is 0 Å². The number of aromatic nitrogens is 6. The summed E-state index contributed by atoms with van der Waals surface area (Å²) in [7, 11) is 1.56. The number of imidazole rings is 1. The van der Waals surface area contributed by atoms with Crippen molar-refractivity contribution >= 4 is 17.4 Å². The van der Waals surface area contributed by atoms with Crippen LogP contribution in [0.4, 0.5) is 19.0 Å². The van der Waals surface area contributed by atoms with Gasteiger partial charge in [0.2, 0.25) is 0 Å². The molecule has 4 fully saturated rings. The van der Waals surface area contributed by atoms with Crippen molar-refractivity contribution in [2.75, 3.05) is 25.6 Å². The quantitative estimate of drug-likeness (QED) is 0.356. The van der Waals surface area contributed by atoms with E-state index in [2.05, 4.69) is 20.4 Å². The minimum atomic E-state index is -4.48. The molecule has 13 heteroatoms. The molecule has 2 bridgehead atoms. The average molecular weight is 566 g/mol. The van der Waals surface area contributed by atoms with Crippen molar-refractivity contribution in [3.05, 3.63) is 35.1 Å². The lowest BCUT2D eigenvalue weighted by atomic mass is 9.65. The Bertz CT molecular complexity index is 1360. The van der Waals surface area contributed by atoms with Crippen molar-refractivity contribution in [2.45, 2.75) is 76.2 Å². The molecule has 0 atom stereocenters. The summed E-state index contributed by atoms with van der Waals surface area (Å²) in [6.07, 6.45) is 4.44. The Balaban J connectivity index is 1.21. The molecule has 39 heavy (non-hydrogen) atoms. The molecule has 210 valence electrons. The lowest BCUT2D eigenvalue weighted by Crippen LogP contribution is -2.52. The Hall–Kier alpha value is -2.86. The highest BCUT2D eigenvalue weighted by Gasteiger charge is 2.54. The average Bonchev–Trinajstić information content (AvgIpc) is 3.52. The van der Waals surface area contributed by atoms with E-state index in [4.69, 9.17) is 26.1 Å².